The van der Waals surface area contributed by atoms with Gasteiger partial charge in [0.2, 0.25) is 5.95 Å². The molecule has 4 aromatic heterocycles. The first kappa shape index (κ1) is 29.2. The summed E-state index contributed by atoms with van der Waals surface area (Å²) < 4.78 is 76.8. The highest BCUT2D eigenvalue weighted by atomic mass is 32.2. The van der Waals surface area contributed by atoms with Crippen LogP contribution in [0, 0.1) is 13.8 Å². The minimum Gasteiger partial charge on any atom is -0.361 e. The number of aryl methyl sites for hydroxylation is 2. The van der Waals surface area contributed by atoms with Gasteiger partial charge >= 0.3 is 6.18 Å². The lowest BCUT2D eigenvalue weighted by Gasteiger charge is -2.18. The molecule has 0 saturated heterocycles. The summed E-state index contributed by atoms with van der Waals surface area (Å²) in [5, 5.41) is 7.24. The summed E-state index contributed by atoms with van der Waals surface area (Å²) in [5.41, 5.74) is -0.206. The van der Waals surface area contributed by atoms with E-state index >= 15 is 0 Å². The number of anilines is 1. The van der Waals surface area contributed by atoms with Crippen molar-refractivity contribution in [1.82, 2.24) is 24.1 Å². The predicted octanol–water partition coefficient (Wildman–Crippen LogP) is 7.01. The van der Waals surface area contributed by atoms with Crippen LogP contribution in [0.1, 0.15) is 50.1 Å². The number of nitrogens with zero attached hydrogens (tertiary/aromatic N) is 5. The number of benzene rings is 1. The van der Waals surface area contributed by atoms with Crippen molar-refractivity contribution >= 4 is 27.0 Å². The van der Waals surface area contributed by atoms with Gasteiger partial charge in [0.15, 0.2) is 5.65 Å². The minimum atomic E-state index is -4.81. The second-order valence-corrected chi connectivity index (χ2v) is 11.7. The van der Waals surface area contributed by atoms with Gasteiger partial charge in [-0.15, -0.1) is 0 Å². The van der Waals surface area contributed by atoms with Gasteiger partial charge in [0.25, 0.3) is 10.0 Å². The van der Waals surface area contributed by atoms with E-state index in [0.29, 0.717) is 22.7 Å². The Morgan fingerprint density at radius 3 is 2.40 bits per heavy atom. The van der Waals surface area contributed by atoms with E-state index in [1.165, 1.54) is 18.2 Å². The van der Waals surface area contributed by atoms with Crippen LogP contribution in [-0.4, -0.2) is 38.5 Å². The van der Waals surface area contributed by atoms with Gasteiger partial charge in [0.05, 0.1) is 27.5 Å². The fraction of sp³-hybridized carbons (Fsp3) is 0.310. The van der Waals surface area contributed by atoms with Crippen LogP contribution in [0.15, 0.2) is 64.3 Å². The van der Waals surface area contributed by atoms with E-state index in [0.717, 1.165) is 35.6 Å². The van der Waals surface area contributed by atoms with Crippen molar-refractivity contribution in [3.8, 4) is 22.5 Å². The summed E-state index contributed by atoms with van der Waals surface area (Å²) >= 11 is 0. The molecule has 1 unspecified atom stereocenters. The van der Waals surface area contributed by atoms with Crippen molar-refractivity contribution in [3.63, 3.8) is 0 Å². The minimum absolute atomic E-state index is 0.0189. The average molecular weight is 599 g/mol. The monoisotopic (exact) mass is 598 g/mol. The Kier molecular flexibility index (Phi) is 7.80. The van der Waals surface area contributed by atoms with Crippen LogP contribution in [-0.2, 0) is 16.2 Å². The van der Waals surface area contributed by atoms with Crippen LogP contribution in [0.25, 0.3) is 33.5 Å². The lowest BCUT2D eigenvalue weighted by molar-refractivity contribution is -0.137. The fourth-order valence-electron chi connectivity index (χ4n) is 4.91. The lowest BCUT2D eigenvalue weighted by Crippen LogP contribution is -2.20. The van der Waals surface area contributed by atoms with Gasteiger partial charge in [0, 0.05) is 29.4 Å². The van der Waals surface area contributed by atoms with Gasteiger partial charge in [0.1, 0.15) is 11.3 Å². The molecular weight excluding hydrogens is 569 g/mol. The van der Waals surface area contributed by atoms with Crippen LogP contribution in [0.5, 0.6) is 0 Å². The number of hydrogen-bond donors (Lipinski definition) is 1. The van der Waals surface area contributed by atoms with E-state index in [9.17, 15) is 21.6 Å². The lowest BCUT2D eigenvalue weighted by atomic mass is 10.1. The van der Waals surface area contributed by atoms with E-state index in [1.54, 1.807) is 38.1 Å². The topological polar surface area (TPSA) is 116 Å². The van der Waals surface area contributed by atoms with Crippen molar-refractivity contribution < 1.29 is 26.1 Å². The van der Waals surface area contributed by atoms with Crippen molar-refractivity contribution in [2.75, 3.05) is 5.32 Å². The zero-order valence-corrected chi connectivity index (χ0v) is 24.2. The molecule has 0 bridgehead atoms. The third-order valence-electron chi connectivity index (χ3n) is 7.02. The van der Waals surface area contributed by atoms with E-state index in [1.807, 2.05) is 13.8 Å². The van der Waals surface area contributed by atoms with Crippen molar-refractivity contribution in [1.29, 1.82) is 0 Å². The Labute approximate surface area is 240 Å². The number of hydrogen-bond acceptors (Lipinski definition) is 8. The summed E-state index contributed by atoms with van der Waals surface area (Å²) in [6.07, 6.45) is -0.581. The smallest absolute Gasteiger partial charge is 0.361 e. The van der Waals surface area contributed by atoms with E-state index in [-0.39, 0.29) is 33.5 Å². The number of fused-ring (bicyclic) bond motifs is 1. The van der Waals surface area contributed by atoms with Gasteiger partial charge in [-0.25, -0.2) is 27.3 Å². The van der Waals surface area contributed by atoms with E-state index < -0.39 is 27.5 Å². The SMILES string of the molecule is CCCC(CC)Nc1ncc(C(F)(F)F)c(-c2cn(S(=O)(=O)c3ccccc3)c3nc(-c4c(C)noc4C)ccc23)n1. The zero-order chi connectivity index (χ0) is 30.2. The summed E-state index contributed by atoms with van der Waals surface area (Å²) in [5.74, 6) is 0.484. The molecule has 220 valence electrons. The fourth-order valence-corrected chi connectivity index (χ4v) is 6.25. The second-order valence-electron chi connectivity index (χ2n) is 9.92. The highest BCUT2D eigenvalue weighted by Gasteiger charge is 2.37. The molecule has 5 rings (SSSR count). The molecule has 1 N–H and O–H groups in total. The molecule has 0 fully saturated rings. The van der Waals surface area contributed by atoms with Crippen molar-refractivity contribution in [2.45, 2.75) is 64.1 Å². The molecule has 0 spiro atoms. The van der Waals surface area contributed by atoms with E-state index in [4.69, 9.17) is 4.52 Å². The summed E-state index contributed by atoms with van der Waals surface area (Å²) in [6, 6.07) is 10.7. The molecule has 0 saturated carbocycles. The average Bonchev–Trinajstić information content (AvgIpc) is 3.51. The molecule has 1 aromatic carbocycles. The molecule has 13 heteroatoms. The summed E-state index contributed by atoms with van der Waals surface area (Å²) in [7, 11) is -4.27. The molecule has 1 atom stereocenters. The summed E-state index contributed by atoms with van der Waals surface area (Å²) in [4.78, 5) is 12.8. The van der Waals surface area contributed by atoms with E-state index in [2.05, 4.69) is 25.4 Å². The number of rotatable bonds is 9. The number of aromatic nitrogens is 5. The van der Waals surface area contributed by atoms with Crippen LogP contribution in [0.2, 0.25) is 0 Å². The predicted molar refractivity (Wildman–Crippen MR) is 152 cm³/mol. The normalized spacial score (nSPS) is 13.0. The Balaban J connectivity index is 1.80. The number of nitrogens with one attached hydrogen (secondary N) is 1. The molecule has 0 radical (unpaired) electrons. The maximum atomic E-state index is 14.3. The third-order valence-corrected chi connectivity index (χ3v) is 8.69. The Hall–Kier alpha value is -4.26. The number of alkyl halides is 3. The molecule has 9 nitrogen and oxygen atoms in total. The van der Waals surface area contributed by atoms with Crippen LogP contribution in [0.3, 0.4) is 0 Å². The molecular formula is C29H29F3N6O3S. The molecule has 5 aromatic rings. The molecule has 0 amide bonds. The largest absolute Gasteiger partial charge is 0.419 e. The van der Waals surface area contributed by atoms with Gasteiger partial charge in [-0.2, -0.15) is 13.2 Å². The standard InChI is InChI=1S/C29H29F3N6O3S/c1-5-10-19(6-2)34-28-33-15-23(29(30,31)32)26(36-28)22-16-38(42(39,40)20-11-8-7-9-12-20)27-21(22)13-14-24(35-27)25-17(3)37-41-18(25)4/h7-9,11-16,19H,5-6,10H2,1-4H3,(H,33,34,36). The number of pyridine rings is 1. The maximum absolute atomic E-state index is 14.3. The molecule has 0 aliphatic heterocycles. The second kappa shape index (κ2) is 11.2. The van der Waals surface area contributed by atoms with Gasteiger partial charge in [-0.3, -0.25) is 0 Å². The first-order valence-electron chi connectivity index (χ1n) is 13.4. The highest BCUT2D eigenvalue weighted by Crippen LogP contribution is 2.41. The maximum Gasteiger partial charge on any atom is 0.419 e. The highest BCUT2D eigenvalue weighted by molar-refractivity contribution is 7.90. The summed E-state index contributed by atoms with van der Waals surface area (Å²) in [6.45, 7) is 7.38. The van der Waals surface area contributed by atoms with Crippen LogP contribution < -0.4 is 5.32 Å². The first-order chi connectivity index (χ1) is 20.0. The molecule has 0 aliphatic carbocycles. The van der Waals surface area contributed by atoms with Gasteiger partial charge < -0.3 is 9.84 Å². The molecule has 42 heavy (non-hydrogen) atoms. The Morgan fingerprint density at radius 1 is 1.05 bits per heavy atom. The molecule has 0 aliphatic rings. The Morgan fingerprint density at radius 2 is 1.79 bits per heavy atom. The van der Waals surface area contributed by atoms with Gasteiger partial charge in [-0.1, -0.05) is 43.6 Å². The number of halogens is 3. The first-order valence-corrected chi connectivity index (χ1v) is 14.9. The van der Waals surface area contributed by atoms with Crippen LogP contribution >= 0.6 is 0 Å². The Bertz CT molecular complexity index is 1830. The quantitative estimate of drug-likeness (QED) is 0.193. The van der Waals surface area contributed by atoms with Gasteiger partial charge in [-0.05, 0) is 51.0 Å². The van der Waals surface area contributed by atoms with Crippen LogP contribution in [0.4, 0.5) is 19.1 Å². The molecule has 4 heterocycles. The van der Waals surface area contributed by atoms with Crippen molar-refractivity contribution in [3.05, 3.63) is 71.9 Å². The zero-order valence-electron chi connectivity index (χ0n) is 23.4. The third kappa shape index (κ3) is 5.36. The van der Waals surface area contributed by atoms with Crippen molar-refractivity contribution in [2.24, 2.45) is 0 Å².